The summed E-state index contributed by atoms with van der Waals surface area (Å²) >= 11 is 0. The van der Waals surface area contributed by atoms with E-state index in [1.165, 1.54) is 5.57 Å². The molecule has 3 nitrogen and oxygen atoms in total. The number of hydrogen-bond donors (Lipinski definition) is 1. The molecule has 0 unspecified atom stereocenters. The average molecular weight is 252 g/mol. The molecule has 2 fully saturated rings. The van der Waals surface area contributed by atoms with Gasteiger partial charge in [-0.25, -0.2) is 0 Å². The summed E-state index contributed by atoms with van der Waals surface area (Å²) in [5.41, 5.74) is 1.24. The van der Waals surface area contributed by atoms with Crippen LogP contribution in [0.3, 0.4) is 0 Å². The van der Waals surface area contributed by atoms with Gasteiger partial charge < -0.3 is 14.6 Å². The first-order valence-corrected chi connectivity index (χ1v) is 7.17. The second kappa shape index (κ2) is 4.32. The highest BCUT2D eigenvalue weighted by Crippen LogP contribution is 2.53. The summed E-state index contributed by atoms with van der Waals surface area (Å²) in [4.78, 5) is 0. The molecular formula is C15H24O3. The Kier molecular flexibility index (Phi) is 3.04. The molecular weight excluding hydrogens is 228 g/mol. The summed E-state index contributed by atoms with van der Waals surface area (Å²) in [6.07, 6.45) is 4.94. The Labute approximate surface area is 109 Å². The van der Waals surface area contributed by atoms with E-state index < -0.39 is 6.10 Å². The van der Waals surface area contributed by atoms with Crippen LogP contribution in [-0.4, -0.2) is 35.6 Å². The largest absolute Gasteiger partial charge is 0.390 e. The van der Waals surface area contributed by atoms with Gasteiger partial charge in [-0.2, -0.15) is 0 Å². The van der Waals surface area contributed by atoms with Crippen LogP contribution < -0.4 is 0 Å². The lowest BCUT2D eigenvalue weighted by molar-refractivity contribution is -0.0492. The zero-order valence-electron chi connectivity index (χ0n) is 11.6. The number of epoxide rings is 1. The Hall–Kier alpha value is -0.380. The van der Waals surface area contributed by atoms with E-state index in [4.69, 9.17) is 9.47 Å². The standard InChI is InChI=1S/C15H24O3/c1-9(2)6-12(16)14-15(8-17-15)11-5-4-10(3)7-13(11)18-14/h7,9,11-14,16H,4-6,8H2,1-3H3/t11-,12+,13+,14+,15+/m0/s1. The first kappa shape index (κ1) is 12.6. The van der Waals surface area contributed by atoms with Crippen molar-refractivity contribution in [2.75, 3.05) is 6.61 Å². The topological polar surface area (TPSA) is 42.0 Å². The third-order valence-corrected chi connectivity index (χ3v) is 4.65. The highest BCUT2D eigenvalue weighted by atomic mass is 16.6. The highest BCUT2D eigenvalue weighted by molar-refractivity contribution is 5.22. The first-order chi connectivity index (χ1) is 8.53. The molecule has 3 rings (SSSR count). The normalized spacial score (nSPS) is 44.1. The first-order valence-electron chi connectivity index (χ1n) is 7.17. The minimum absolute atomic E-state index is 0.128. The lowest BCUT2D eigenvalue weighted by atomic mass is 9.78. The van der Waals surface area contributed by atoms with E-state index in [9.17, 15) is 5.11 Å². The van der Waals surface area contributed by atoms with Gasteiger partial charge in [-0.3, -0.25) is 0 Å². The maximum Gasteiger partial charge on any atom is 0.126 e. The molecule has 2 saturated heterocycles. The van der Waals surface area contributed by atoms with E-state index in [1.807, 2.05) is 0 Å². The van der Waals surface area contributed by atoms with Crippen LogP contribution in [-0.2, 0) is 9.47 Å². The van der Waals surface area contributed by atoms with Crippen LogP contribution in [0.25, 0.3) is 0 Å². The van der Waals surface area contributed by atoms with Crippen molar-refractivity contribution in [2.45, 2.75) is 63.9 Å². The lowest BCUT2D eigenvalue weighted by Gasteiger charge is -2.25. The molecule has 1 spiro atoms. The lowest BCUT2D eigenvalue weighted by Crippen LogP contribution is -2.40. The van der Waals surface area contributed by atoms with Crippen molar-refractivity contribution in [3.8, 4) is 0 Å². The summed E-state index contributed by atoms with van der Waals surface area (Å²) in [5, 5.41) is 10.4. The molecule has 2 aliphatic heterocycles. The van der Waals surface area contributed by atoms with Gasteiger partial charge in [-0.15, -0.1) is 0 Å². The number of aliphatic hydroxyl groups is 1. The Morgan fingerprint density at radius 1 is 1.50 bits per heavy atom. The summed E-state index contributed by atoms with van der Waals surface area (Å²) in [7, 11) is 0. The SMILES string of the molecule is CC1=C[C@H]2O[C@H]([C@H](O)CC(C)C)[C@@]3(CO3)[C@H]2CC1. The number of fused-ring (bicyclic) bond motifs is 2. The molecule has 0 saturated carbocycles. The minimum atomic E-state index is -0.396. The number of ether oxygens (including phenoxy) is 2. The maximum atomic E-state index is 10.4. The molecule has 1 aliphatic carbocycles. The van der Waals surface area contributed by atoms with Crippen molar-refractivity contribution >= 4 is 0 Å². The van der Waals surface area contributed by atoms with Crippen LogP contribution in [0.1, 0.15) is 40.0 Å². The molecule has 2 heterocycles. The third kappa shape index (κ3) is 1.93. The Morgan fingerprint density at radius 2 is 2.22 bits per heavy atom. The summed E-state index contributed by atoms with van der Waals surface area (Å²) in [6.45, 7) is 7.20. The predicted octanol–water partition coefficient (Wildman–Crippen LogP) is 2.29. The molecule has 18 heavy (non-hydrogen) atoms. The van der Waals surface area contributed by atoms with Gasteiger partial charge in [-0.1, -0.05) is 25.5 Å². The van der Waals surface area contributed by atoms with E-state index in [2.05, 4.69) is 26.8 Å². The van der Waals surface area contributed by atoms with Gasteiger partial charge >= 0.3 is 0 Å². The number of allylic oxidation sites excluding steroid dienone is 1. The fraction of sp³-hybridized carbons (Fsp3) is 0.867. The van der Waals surface area contributed by atoms with Crippen LogP contribution in [0.2, 0.25) is 0 Å². The summed E-state index contributed by atoms with van der Waals surface area (Å²) in [6, 6.07) is 0. The van der Waals surface area contributed by atoms with E-state index in [-0.39, 0.29) is 17.8 Å². The zero-order chi connectivity index (χ0) is 12.9. The second-order valence-corrected chi connectivity index (χ2v) is 6.62. The van der Waals surface area contributed by atoms with Gasteiger partial charge in [0.05, 0.1) is 18.8 Å². The number of rotatable bonds is 3. The van der Waals surface area contributed by atoms with Gasteiger partial charge in [-0.05, 0) is 32.1 Å². The third-order valence-electron chi connectivity index (χ3n) is 4.65. The van der Waals surface area contributed by atoms with Gasteiger partial charge in [0, 0.05) is 5.92 Å². The molecule has 0 bridgehead atoms. The highest BCUT2D eigenvalue weighted by Gasteiger charge is 2.66. The predicted molar refractivity (Wildman–Crippen MR) is 69.3 cm³/mol. The molecule has 1 N–H and O–H groups in total. The van der Waals surface area contributed by atoms with Crippen molar-refractivity contribution < 1.29 is 14.6 Å². The monoisotopic (exact) mass is 252 g/mol. The van der Waals surface area contributed by atoms with Crippen LogP contribution in [0.4, 0.5) is 0 Å². The van der Waals surface area contributed by atoms with E-state index >= 15 is 0 Å². The van der Waals surface area contributed by atoms with Crippen LogP contribution in [0.15, 0.2) is 11.6 Å². The fourth-order valence-electron chi connectivity index (χ4n) is 3.66. The quantitative estimate of drug-likeness (QED) is 0.619. The second-order valence-electron chi connectivity index (χ2n) is 6.62. The average Bonchev–Trinajstić information content (AvgIpc) is 2.98. The fourth-order valence-corrected chi connectivity index (χ4v) is 3.66. The maximum absolute atomic E-state index is 10.4. The van der Waals surface area contributed by atoms with Crippen molar-refractivity contribution in [2.24, 2.45) is 11.8 Å². The molecule has 3 aliphatic rings. The number of aliphatic hydroxyl groups excluding tert-OH is 1. The van der Waals surface area contributed by atoms with Gasteiger partial charge in [0.2, 0.25) is 0 Å². The molecule has 0 aromatic rings. The Balaban J connectivity index is 1.78. The van der Waals surface area contributed by atoms with E-state index in [0.717, 1.165) is 25.9 Å². The summed E-state index contributed by atoms with van der Waals surface area (Å²) < 4.78 is 11.9. The molecule has 0 amide bonds. The number of hydrogen-bond acceptors (Lipinski definition) is 3. The van der Waals surface area contributed by atoms with Crippen molar-refractivity contribution in [1.82, 2.24) is 0 Å². The van der Waals surface area contributed by atoms with Crippen LogP contribution >= 0.6 is 0 Å². The molecule has 0 radical (unpaired) electrons. The van der Waals surface area contributed by atoms with E-state index in [1.54, 1.807) is 0 Å². The molecule has 0 aromatic heterocycles. The van der Waals surface area contributed by atoms with Crippen molar-refractivity contribution in [3.63, 3.8) is 0 Å². The molecule has 0 aromatic carbocycles. The smallest absolute Gasteiger partial charge is 0.126 e. The van der Waals surface area contributed by atoms with Gasteiger partial charge in [0.1, 0.15) is 11.7 Å². The zero-order valence-corrected chi connectivity index (χ0v) is 11.6. The van der Waals surface area contributed by atoms with Crippen molar-refractivity contribution in [3.05, 3.63) is 11.6 Å². The van der Waals surface area contributed by atoms with Gasteiger partial charge in [0.25, 0.3) is 0 Å². The van der Waals surface area contributed by atoms with Crippen LogP contribution in [0.5, 0.6) is 0 Å². The molecule has 3 heteroatoms. The van der Waals surface area contributed by atoms with E-state index in [0.29, 0.717) is 11.8 Å². The Bertz CT molecular complexity index is 357. The van der Waals surface area contributed by atoms with Gasteiger partial charge in [0.15, 0.2) is 0 Å². The minimum Gasteiger partial charge on any atom is -0.390 e. The molecule has 102 valence electrons. The van der Waals surface area contributed by atoms with Crippen LogP contribution in [0, 0.1) is 11.8 Å². The Morgan fingerprint density at radius 3 is 2.83 bits per heavy atom. The molecule has 5 atom stereocenters. The van der Waals surface area contributed by atoms with Crippen molar-refractivity contribution in [1.29, 1.82) is 0 Å². The summed E-state index contributed by atoms with van der Waals surface area (Å²) in [5.74, 6) is 0.937.